The minimum Gasteiger partial charge on any atom is -0.340 e. The summed E-state index contributed by atoms with van der Waals surface area (Å²) in [6.07, 6.45) is 5.31. The van der Waals surface area contributed by atoms with Crippen molar-refractivity contribution >= 4 is 11.9 Å². The molecule has 1 amide bonds. The normalized spacial score (nSPS) is 16.8. The minimum absolute atomic E-state index is 0.0525. The molecule has 6 heteroatoms. The van der Waals surface area contributed by atoms with Crippen molar-refractivity contribution < 1.29 is 4.79 Å². The van der Waals surface area contributed by atoms with Crippen molar-refractivity contribution in [3.8, 4) is 6.07 Å². The van der Waals surface area contributed by atoms with Crippen LogP contribution in [0.4, 0.5) is 5.95 Å². The maximum Gasteiger partial charge on any atom is 0.228 e. The SMILES string of the molecule is CC(C)N(Cc1ccc(C#N)cc1)C(=O)C1CCCN(c2ncccn2)C1. The zero-order valence-electron chi connectivity index (χ0n) is 15.9. The quantitative estimate of drug-likeness (QED) is 0.816. The third-order valence-corrected chi connectivity index (χ3v) is 4.95. The zero-order chi connectivity index (χ0) is 19.2. The maximum atomic E-state index is 13.3. The lowest BCUT2D eigenvalue weighted by molar-refractivity contribution is -0.138. The molecule has 0 aliphatic carbocycles. The number of rotatable bonds is 5. The van der Waals surface area contributed by atoms with Crippen molar-refractivity contribution in [3.05, 3.63) is 53.9 Å². The number of anilines is 1. The molecule has 2 aromatic rings. The average molecular weight is 363 g/mol. The second kappa shape index (κ2) is 8.63. The van der Waals surface area contributed by atoms with Gasteiger partial charge in [-0.1, -0.05) is 12.1 Å². The van der Waals surface area contributed by atoms with Crippen LogP contribution in [0.25, 0.3) is 0 Å². The molecule has 6 nitrogen and oxygen atoms in total. The highest BCUT2D eigenvalue weighted by atomic mass is 16.2. The lowest BCUT2D eigenvalue weighted by Crippen LogP contribution is -2.47. The second-order valence-electron chi connectivity index (χ2n) is 7.20. The highest BCUT2D eigenvalue weighted by molar-refractivity contribution is 5.80. The van der Waals surface area contributed by atoms with Crippen LogP contribution in [0.15, 0.2) is 42.7 Å². The number of hydrogen-bond acceptors (Lipinski definition) is 5. The van der Waals surface area contributed by atoms with Gasteiger partial charge in [-0.25, -0.2) is 9.97 Å². The predicted octanol–water partition coefficient (Wildman–Crippen LogP) is 3.00. The molecule has 0 bridgehead atoms. The number of carbonyl (C=O) groups is 1. The number of aromatic nitrogens is 2. The van der Waals surface area contributed by atoms with Crippen LogP contribution < -0.4 is 4.90 Å². The van der Waals surface area contributed by atoms with Crippen LogP contribution in [-0.2, 0) is 11.3 Å². The van der Waals surface area contributed by atoms with Crippen LogP contribution in [-0.4, -0.2) is 39.9 Å². The largest absolute Gasteiger partial charge is 0.340 e. The Hall–Kier alpha value is -2.94. The molecule has 0 saturated carbocycles. The Bertz CT molecular complexity index is 798. The van der Waals surface area contributed by atoms with Crippen molar-refractivity contribution in [2.45, 2.75) is 39.3 Å². The number of piperidine rings is 1. The number of nitriles is 1. The van der Waals surface area contributed by atoms with Crippen LogP contribution in [0.5, 0.6) is 0 Å². The topological polar surface area (TPSA) is 73.1 Å². The van der Waals surface area contributed by atoms with Gasteiger partial charge in [-0.3, -0.25) is 4.79 Å². The number of benzene rings is 1. The Labute approximate surface area is 160 Å². The van der Waals surface area contributed by atoms with Crippen LogP contribution in [0.3, 0.4) is 0 Å². The summed E-state index contributed by atoms with van der Waals surface area (Å²) in [5.74, 6) is 0.816. The van der Waals surface area contributed by atoms with Gasteiger partial charge in [0.1, 0.15) is 0 Å². The van der Waals surface area contributed by atoms with E-state index in [2.05, 4.69) is 20.9 Å². The Kier molecular flexibility index (Phi) is 6.02. The molecule has 1 aromatic heterocycles. The van der Waals surface area contributed by atoms with Crippen LogP contribution in [0, 0.1) is 17.2 Å². The van der Waals surface area contributed by atoms with Gasteiger partial charge in [0, 0.05) is 38.1 Å². The van der Waals surface area contributed by atoms with E-state index in [1.54, 1.807) is 30.6 Å². The van der Waals surface area contributed by atoms with Crippen molar-refractivity contribution in [3.63, 3.8) is 0 Å². The van der Waals surface area contributed by atoms with Crippen molar-refractivity contribution in [1.29, 1.82) is 5.26 Å². The molecule has 1 aliphatic heterocycles. The van der Waals surface area contributed by atoms with Gasteiger partial charge in [0.15, 0.2) is 0 Å². The van der Waals surface area contributed by atoms with E-state index in [-0.39, 0.29) is 17.9 Å². The van der Waals surface area contributed by atoms with Crippen molar-refractivity contribution in [1.82, 2.24) is 14.9 Å². The third kappa shape index (κ3) is 4.62. The van der Waals surface area contributed by atoms with Gasteiger partial charge in [0.05, 0.1) is 17.6 Å². The van der Waals surface area contributed by atoms with E-state index in [1.807, 2.05) is 30.9 Å². The second-order valence-corrected chi connectivity index (χ2v) is 7.20. The molecular formula is C21H25N5O. The summed E-state index contributed by atoms with van der Waals surface area (Å²) in [6, 6.07) is 11.5. The van der Waals surface area contributed by atoms with E-state index in [0.29, 0.717) is 24.6 Å². The molecule has 27 heavy (non-hydrogen) atoms. The highest BCUT2D eigenvalue weighted by Gasteiger charge is 2.31. The van der Waals surface area contributed by atoms with Gasteiger partial charge in [-0.15, -0.1) is 0 Å². The molecule has 0 radical (unpaired) electrons. The lowest BCUT2D eigenvalue weighted by atomic mass is 9.95. The van der Waals surface area contributed by atoms with Gasteiger partial charge >= 0.3 is 0 Å². The van der Waals surface area contributed by atoms with Crippen LogP contribution in [0.1, 0.15) is 37.8 Å². The van der Waals surface area contributed by atoms with E-state index in [4.69, 9.17) is 5.26 Å². The van der Waals surface area contributed by atoms with E-state index < -0.39 is 0 Å². The van der Waals surface area contributed by atoms with Gasteiger partial charge in [-0.2, -0.15) is 5.26 Å². The van der Waals surface area contributed by atoms with Crippen LogP contribution in [0.2, 0.25) is 0 Å². The summed E-state index contributed by atoms with van der Waals surface area (Å²) in [4.78, 5) is 25.9. The summed E-state index contributed by atoms with van der Waals surface area (Å²) in [6.45, 7) is 6.18. The predicted molar refractivity (Wildman–Crippen MR) is 104 cm³/mol. The summed E-state index contributed by atoms with van der Waals surface area (Å²) in [7, 11) is 0. The molecule has 3 rings (SSSR count). The number of carbonyl (C=O) groups excluding carboxylic acids is 1. The highest BCUT2D eigenvalue weighted by Crippen LogP contribution is 2.23. The fourth-order valence-corrected chi connectivity index (χ4v) is 3.45. The van der Waals surface area contributed by atoms with E-state index in [1.165, 1.54) is 0 Å². The van der Waals surface area contributed by atoms with E-state index in [9.17, 15) is 4.79 Å². The number of amides is 1. The number of hydrogen-bond donors (Lipinski definition) is 0. The first-order valence-corrected chi connectivity index (χ1v) is 9.40. The zero-order valence-corrected chi connectivity index (χ0v) is 15.9. The Balaban J connectivity index is 1.71. The first-order chi connectivity index (χ1) is 13.1. The Morgan fingerprint density at radius 2 is 2.00 bits per heavy atom. The molecule has 140 valence electrons. The molecule has 1 aromatic carbocycles. The van der Waals surface area contributed by atoms with E-state index in [0.717, 1.165) is 24.9 Å². The average Bonchev–Trinajstić information content (AvgIpc) is 2.72. The number of nitrogens with zero attached hydrogens (tertiary/aromatic N) is 5. The fourth-order valence-electron chi connectivity index (χ4n) is 3.45. The Morgan fingerprint density at radius 3 is 2.63 bits per heavy atom. The minimum atomic E-state index is -0.0525. The molecule has 0 spiro atoms. The summed E-state index contributed by atoms with van der Waals surface area (Å²) in [5, 5.41) is 8.95. The first kappa shape index (κ1) is 18.8. The smallest absolute Gasteiger partial charge is 0.228 e. The third-order valence-electron chi connectivity index (χ3n) is 4.95. The molecule has 2 heterocycles. The van der Waals surface area contributed by atoms with Crippen LogP contribution >= 0.6 is 0 Å². The molecule has 1 atom stereocenters. The van der Waals surface area contributed by atoms with Gasteiger partial charge in [-0.05, 0) is 50.5 Å². The molecular weight excluding hydrogens is 338 g/mol. The Morgan fingerprint density at radius 1 is 1.30 bits per heavy atom. The lowest BCUT2D eigenvalue weighted by Gasteiger charge is -2.36. The molecule has 1 saturated heterocycles. The molecule has 0 N–H and O–H groups in total. The van der Waals surface area contributed by atoms with Crippen molar-refractivity contribution in [2.24, 2.45) is 5.92 Å². The maximum absolute atomic E-state index is 13.3. The van der Waals surface area contributed by atoms with Gasteiger partial charge in [0.25, 0.3) is 0 Å². The molecule has 1 unspecified atom stereocenters. The van der Waals surface area contributed by atoms with Crippen molar-refractivity contribution in [2.75, 3.05) is 18.0 Å². The summed E-state index contributed by atoms with van der Waals surface area (Å²) in [5.41, 5.74) is 1.67. The monoisotopic (exact) mass is 363 g/mol. The standard InChI is InChI=1S/C21H25N5O/c1-16(2)26(14-18-8-6-17(13-22)7-9-18)20(27)19-5-3-12-25(15-19)21-23-10-4-11-24-21/h4,6-11,16,19H,3,5,12,14-15H2,1-2H3. The fraction of sp³-hybridized carbons (Fsp3) is 0.429. The van der Waals surface area contributed by atoms with Gasteiger partial charge in [0.2, 0.25) is 11.9 Å². The van der Waals surface area contributed by atoms with E-state index >= 15 is 0 Å². The molecule has 1 aliphatic rings. The van der Waals surface area contributed by atoms with Gasteiger partial charge < -0.3 is 9.80 Å². The first-order valence-electron chi connectivity index (χ1n) is 9.40. The summed E-state index contributed by atoms with van der Waals surface area (Å²) >= 11 is 0. The summed E-state index contributed by atoms with van der Waals surface area (Å²) < 4.78 is 0. The molecule has 1 fully saturated rings.